The molecular formula is C17H25N3O4. The van der Waals surface area contributed by atoms with Crippen molar-refractivity contribution in [2.24, 2.45) is 5.73 Å². The topological polar surface area (TPSA) is 117 Å². The van der Waals surface area contributed by atoms with Gasteiger partial charge in [-0.2, -0.15) is 0 Å². The Morgan fingerprint density at radius 3 is 2.67 bits per heavy atom. The van der Waals surface area contributed by atoms with Crippen molar-refractivity contribution in [2.45, 2.75) is 26.2 Å². The number of rotatable bonds is 7. The molecule has 1 aromatic carbocycles. The molecule has 2 aromatic rings. The molecule has 1 aromatic heterocycles. The lowest BCUT2D eigenvalue weighted by Crippen LogP contribution is -2.22. The van der Waals surface area contributed by atoms with Gasteiger partial charge in [0.05, 0.1) is 7.11 Å². The van der Waals surface area contributed by atoms with E-state index in [4.69, 9.17) is 15.6 Å². The first kappa shape index (κ1) is 19.5. The summed E-state index contributed by atoms with van der Waals surface area (Å²) in [6.07, 6.45) is 3.56. The molecule has 0 aliphatic rings. The summed E-state index contributed by atoms with van der Waals surface area (Å²) in [7, 11) is 1.66. The van der Waals surface area contributed by atoms with Crippen LogP contribution in [0.5, 0.6) is 5.75 Å². The SMILES string of the molecule is COc1ccc2[nH]cc(CCNC(C)=O)c2c1.NCCCC(=O)O. The van der Waals surface area contributed by atoms with Crippen LogP contribution >= 0.6 is 0 Å². The number of amides is 1. The Labute approximate surface area is 141 Å². The van der Waals surface area contributed by atoms with Crippen molar-refractivity contribution in [3.05, 3.63) is 30.0 Å². The van der Waals surface area contributed by atoms with Crippen LogP contribution in [0.3, 0.4) is 0 Å². The molecule has 0 fully saturated rings. The number of carboxylic acids is 1. The number of benzene rings is 1. The smallest absolute Gasteiger partial charge is 0.303 e. The number of ether oxygens (including phenoxy) is 1. The molecule has 24 heavy (non-hydrogen) atoms. The highest BCUT2D eigenvalue weighted by molar-refractivity contribution is 5.84. The van der Waals surface area contributed by atoms with Crippen molar-refractivity contribution in [3.8, 4) is 5.75 Å². The van der Waals surface area contributed by atoms with E-state index < -0.39 is 5.97 Å². The Hall–Kier alpha value is -2.54. The van der Waals surface area contributed by atoms with Crippen molar-refractivity contribution in [1.82, 2.24) is 10.3 Å². The number of fused-ring (bicyclic) bond motifs is 1. The number of nitrogens with one attached hydrogen (secondary N) is 2. The Kier molecular flexibility index (Phi) is 8.35. The van der Waals surface area contributed by atoms with Gasteiger partial charge in [-0.15, -0.1) is 0 Å². The molecule has 0 bridgehead atoms. The highest BCUT2D eigenvalue weighted by atomic mass is 16.5. The van der Waals surface area contributed by atoms with E-state index in [-0.39, 0.29) is 12.3 Å². The zero-order valence-electron chi connectivity index (χ0n) is 14.1. The minimum Gasteiger partial charge on any atom is -0.497 e. The number of carboxylic acid groups (broad SMARTS) is 1. The van der Waals surface area contributed by atoms with Crippen LogP contribution in [0, 0.1) is 0 Å². The summed E-state index contributed by atoms with van der Waals surface area (Å²) in [5.74, 6) is 0.0748. The lowest BCUT2D eigenvalue weighted by Gasteiger charge is -2.03. The van der Waals surface area contributed by atoms with Gasteiger partial charge >= 0.3 is 5.97 Å². The minimum absolute atomic E-state index is 0.00224. The lowest BCUT2D eigenvalue weighted by molar-refractivity contribution is -0.137. The van der Waals surface area contributed by atoms with Crippen LogP contribution in [-0.4, -0.2) is 42.2 Å². The molecule has 0 unspecified atom stereocenters. The number of aromatic amines is 1. The zero-order valence-corrected chi connectivity index (χ0v) is 14.1. The molecule has 0 aliphatic carbocycles. The third kappa shape index (κ3) is 6.70. The molecule has 0 atom stereocenters. The van der Waals surface area contributed by atoms with E-state index >= 15 is 0 Å². The first-order chi connectivity index (χ1) is 11.5. The molecule has 0 saturated heterocycles. The molecule has 1 amide bonds. The number of aliphatic carboxylic acids is 1. The lowest BCUT2D eigenvalue weighted by atomic mass is 10.1. The van der Waals surface area contributed by atoms with Gasteiger partial charge in [0.25, 0.3) is 0 Å². The van der Waals surface area contributed by atoms with Gasteiger partial charge in [0.1, 0.15) is 5.75 Å². The van der Waals surface area contributed by atoms with Gasteiger partial charge in [0.15, 0.2) is 0 Å². The third-order valence-electron chi connectivity index (χ3n) is 3.34. The van der Waals surface area contributed by atoms with Crippen LogP contribution in [0.1, 0.15) is 25.3 Å². The summed E-state index contributed by atoms with van der Waals surface area (Å²) in [6.45, 7) is 2.64. The standard InChI is InChI=1S/C13H16N2O2.C4H9NO2/c1-9(16)14-6-5-10-8-15-13-4-3-11(17-2)7-12(10)13;5-3-1-2-4(6)7/h3-4,7-8,15H,5-6H2,1-2H3,(H,14,16);1-3,5H2,(H,6,7). The summed E-state index contributed by atoms with van der Waals surface area (Å²) in [4.78, 5) is 23.7. The van der Waals surface area contributed by atoms with Crippen LogP contribution in [0.4, 0.5) is 0 Å². The Balaban J connectivity index is 0.000000351. The molecule has 0 spiro atoms. The summed E-state index contributed by atoms with van der Waals surface area (Å²) in [6, 6.07) is 5.93. The fraction of sp³-hybridized carbons (Fsp3) is 0.412. The number of carbonyl (C=O) groups is 2. The fourth-order valence-electron chi connectivity index (χ4n) is 2.12. The number of carbonyl (C=O) groups excluding carboxylic acids is 1. The number of hydrogen-bond acceptors (Lipinski definition) is 4. The quantitative estimate of drug-likeness (QED) is 0.614. The van der Waals surface area contributed by atoms with Gasteiger partial charge in [-0.1, -0.05) is 0 Å². The predicted octanol–water partition coefficient (Wildman–Crippen LogP) is 1.66. The first-order valence-corrected chi connectivity index (χ1v) is 7.78. The maximum absolute atomic E-state index is 10.8. The molecule has 0 aliphatic heterocycles. The number of H-pyrrole nitrogens is 1. The highest BCUT2D eigenvalue weighted by Crippen LogP contribution is 2.23. The van der Waals surface area contributed by atoms with Crippen LogP contribution in [0.15, 0.2) is 24.4 Å². The van der Waals surface area contributed by atoms with E-state index in [1.807, 2.05) is 24.4 Å². The summed E-state index contributed by atoms with van der Waals surface area (Å²) < 4.78 is 5.21. The summed E-state index contributed by atoms with van der Waals surface area (Å²) in [5.41, 5.74) is 7.29. The predicted molar refractivity (Wildman–Crippen MR) is 93.2 cm³/mol. The van der Waals surface area contributed by atoms with E-state index in [2.05, 4.69) is 10.3 Å². The Morgan fingerprint density at radius 2 is 2.12 bits per heavy atom. The van der Waals surface area contributed by atoms with E-state index in [1.54, 1.807) is 7.11 Å². The van der Waals surface area contributed by atoms with Crippen molar-refractivity contribution < 1.29 is 19.4 Å². The molecule has 7 heteroatoms. The summed E-state index contributed by atoms with van der Waals surface area (Å²) in [5, 5.41) is 11.9. The number of nitrogens with two attached hydrogens (primary N) is 1. The monoisotopic (exact) mass is 335 g/mol. The Bertz CT molecular complexity index is 667. The number of aromatic nitrogens is 1. The average molecular weight is 335 g/mol. The highest BCUT2D eigenvalue weighted by Gasteiger charge is 2.05. The van der Waals surface area contributed by atoms with Crippen LogP contribution < -0.4 is 15.8 Å². The molecule has 1 heterocycles. The number of hydrogen-bond donors (Lipinski definition) is 4. The molecule has 132 valence electrons. The van der Waals surface area contributed by atoms with Gasteiger partial charge in [-0.3, -0.25) is 9.59 Å². The average Bonchev–Trinajstić information content (AvgIpc) is 2.95. The second kappa shape index (κ2) is 10.3. The van der Waals surface area contributed by atoms with Gasteiger partial charge in [-0.05, 0) is 43.1 Å². The molecule has 5 N–H and O–H groups in total. The third-order valence-corrected chi connectivity index (χ3v) is 3.34. The van der Waals surface area contributed by atoms with Crippen molar-refractivity contribution in [2.75, 3.05) is 20.2 Å². The van der Waals surface area contributed by atoms with E-state index in [0.29, 0.717) is 19.5 Å². The van der Waals surface area contributed by atoms with Crippen LogP contribution in [0.2, 0.25) is 0 Å². The van der Waals surface area contributed by atoms with Crippen LogP contribution in [0.25, 0.3) is 10.9 Å². The van der Waals surface area contributed by atoms with E-state index in [0.717, 1.165) is 23.1 Å². The number of methoxy groups -OCH3 is 1. The van der Waals surface area contributed by atoms with Gasteiger partial charge < -0.3 is 25.9 Å². The first-order valence-electron chi connectivity index (χ1n) is 7.78. The van der Waals surface area contributed by atoms with E-state index in [9.17, 15) is 9.59 Å². The molecule has 0 saturated carbocycles. The van der Waals surface area contributed by atoms with Crippen LogP contribution in [-0.2, 0) is 16.0 Å². The molecule has 7 nitrogen and oxygen atoms in total. The second-order valence-corrected chi connectivity index (χ2v) is 5.24. The molecular weight excluding hydrogens is 310 g/mol. The van der Waals surface area contributed by atoms with Gasteiger partial charge in [-0.25, -0.2) is 0 Å². The van der Waals surface area contributed by atoms with Crippen molar-refractivity contribution in [1.29, 1.82) is 0 Å². The van der Waals surface area contributed by atoms with Gasteiger partial charge in [0, 0.05) is 37.0 Å². The van der Waals surface area contributed by atoms with E-state index in [1.165, 1.54) is 12.5 Å². The molecule has 2 rings (SSSR count). The zero-order chi connectivity index (χ0) is 17.9. The van der Waals surface area contributed by atoms with Gasteiger partial charge in [0.2, 0.25) is 5.91 Å². The largest absolute Gasteiger partial charge is 0.497 e. The minimum atomic E-state index is -0.773. The fourth-order valence-corrected chi connectivity index (χ4v) is 2.12. The maximum Gasteiger partial charge on any atom is 0.303 e. The Morgan fingerprint density at radius 1 is 1.38 bits per heavy atom. The maximum atomic E-state index is 10.8. The molecule has 0 radical (unpaired) electrons. The van der Waals surface area contributed by atoms with Crippen molar-refractivity contribution in [3.63, 3.8) is 0 Å². The van der Waals surface area contributed by atoms with Crippen molar-refractivity contribution >= 4 is 22.8 Å². The normalized spacial score (nSPS) is 9.96. The summed E-state index contributed by atoms with van der Waals surface area (Å²) >= 11 is 0. The second-order valence-electron chi connectivity index (χ2n) is 5.24.